The number of aldehydes is 2. The molecule has 0 aliphatic rings. The molecule has 0 spiro atoms. The summed E-state index contributed by atoms with van der Waals surface area (Å²) < 4.78 is 0. The largest absolute Gasteiger partial charge is 2.00 e. The van der Waals surface area contributed by atoms with E-state index in [1.807, 2.05) is 0 Å². The monoisotopic (exact) mass is 242 g/mol. The molecule has 7 heteroatoms. The van der Waals surface area contributed by atoms with E-state index in [9.17, 15) is 29.4 Å². The van der Waals surface area contributed by atoms with Gasteiger partial charge in [0.05, 0.1) is 0 Å². The molecule has 80 valence electrons. The quantitative estimate of drug-likeness (QED) is 0.363. The Morgan fingerprint density at radius 1 is 0.867 bits per heavy atom. The van der Waals surface area contributed by atoms with Gasteiger partial charge in [0.25, 0.3) is 0 Å². The Kier molecular flexibility index (Phi) is 21.3. The molecule has 6 nitrogen and oxygen atoms in total. The third-order valence-corrected chi connectivity index (χ3v) is 0.933. The van der Waals surface area contributed by atoms with Gasteiger partial charge >= 0.3 is 37.7 Å². The van der Waals surface area contributed by atoms with Crippen LogP contribution >= 0.6 is 0 Å². The maximum Gasteiger partial charge on any atom is 2.00 e. The van der Waals surface area contributed by atoms with Crippen molar-refractivity contribution in [1.29, 1.82) is 0 Å². The third kappa shape index (κ3) is 31.7. The Hall–Kier alpha value is -0.460. The standard InChI is InChI=1S/2C4H6O3.Ca/c2*5-3-1-2-4(6)7;/h2*3H,1-2H2,(H,6,7);/q;;+2/p-2. The molecule has 0 aromatic heterocycles. The topological polar surface area (TPSA) is 114 Å². The SMILES string of the molecule is O=CCCC(=O)[O-].O=CCCC(=O)[O-].[Ca+2]. The molecule has 0 unspecified atom stereocenters. The first-order chi connectivity index (χ1) is 6.54. The van der Waals surface area contributed by atoms with Crippen molar-refractivity contribution in [3.63, 3.8) is 0 Å². The Labute approximate surface area is 117 Å². The Bertz CT molecular complexity index is 181. The van der Waals surface area contributed by atoms with Gasteiger partial charge in [-0.25, -0.2) is 0 Å². The number of aliphatic carboxylic acids is 2. The molecule has 0 N–H and O–H groups in total. The summed E-state index contributed by atoms with van der Waals surface area (Å²) >= 11 is 0. The van der Waals surface area contributed by atoms with Gasteiger partial charge in [-0.05, 0) is 12.8 Å². The maximum atomic E-state index is 9.49. The molecule has 0 aromatic rings. The van der Waals surface area contributed by atoms with Crippen LogP contribution < -0.4 is 10.2 Å². The summed E-state index contributed by atoms with van der Waals surface area (Å²) in [4.78, 5) is 37.8. The van der Waals surface area contributed by atoms with Crippen molar-refractivity contribution >= 4 is 62.2 Å². The summed E-state index contributed by atoms with van der Waals surface area (Å²) in [6.07, 6.45) is 0.892. The van der Waals surface area contributed by atoms with Crippen molar-refractivity contribution in [2.45, 2.75) is 25.7 Å². The van der Waals surface area contributed by atoms with E-state index in [4.69, 9.17) is 0 Å². The minimum Gasteiger partial charge on any atom is -0.550 e. The molecule has 0 aromatic carbocycles. The number of rotatable bonds is 6. The summed E-state index contributed by atoms with van der Waals surface area (Å²) in [5, 5.41) is 19.0. The van der Waals surface area contributed by atoms with Gasteiger partial charge in [-0.15, -0.1) is 0 Å². The summed E-state index contributed by atoms with van der Waals surface area (Å²) in [5.74, 6) is -2.35. The van der Waals surface area contributed by atoms with Gasteiger partial charge < -0.3 is 29.4 Å². The van der Waals surface area contributed by atoms with Crippen LogP contribution in [-0.4, -0.2) is 62.2 Å². The van der Waals surface area contributed by atoms with Gasteiger partial charge in [-0.3, -0.25) is 0 Å². The van der Waals surface area contributed by atoms with E-state index in [-0.39, 0.29) is 63.4 Å². The molecular weight excluding hydrogens is 232 g/mol. The van der Waals surface area contributed by atoms with Crippen LogP contribution in [0.1, 0.15) is 25.7 Å². The molecular formula is C8H10CaO6. The van der Waals surface area contributed by atoms with Crippen LogP contribution in [0, 0.1) is 0 Å². The molecule has 0 rings (SSSR count). The van der Waals surface area contributed by atoms with Crippen LogP contribution in [0.4, 0.5) is 0 Å². The average Bonchev–Trinajstić information content (AvgIpc) is 2.12. The first-order valence-electron chi connectivity index (χ1n) is 3.81. The molecule has 0 atom stereocenters. The smallest absolute Gasteiger partial charge is 0.550 e. The number of hydrogen-bond donors (Lipinski definition) is 0. The second-order valence-electron chi connectivity index (χ2n) is 2.15. The second-order valence-corrected chi connectivity index (χ2v) is 2.15. The van der Waals surface area contributed by atoms with Gasteiger partial charge in [0.1, 0.15) is 12.6 Å². The molecule has 0 aliphatic carbocycles. The van der Waals surface area contributed by atoms with Crippen molar-refractivity contribution in [2.24, 2.45) is 0 Å². The van der Waals surface area contributed by atoms with E-state index in [2.05, 4.69) is 0 Å². The molecule has 0 radical (unpaired) electrons. The van der Waals surface area contributed by atoms with Crippen molar-refractivity contribution in [3.05, 3.63) is 0 Å². The van der Waals surface area contributed by atoms with Crippen LogP contribution in [0.2, 0.25) is 0 Å². The van der Waals surface area contributed by atoms with Crippen molar-refractivity contribution in [1.82, 2.24) is 0 Å². The van der Waals surface area contributed by atoms with Crippen molar-refractivity contribution < 1.29 is 29.4 Å². The minimum atomic E-state index is -1.17. The second kappa shape index (κ2) is 16.0. The predicted molar refractivity (Wildman–Crippen MR) is 46.4 cm³/mol. The molecule has 0 saturated heterocycles. The normalized spacial score (nSPS) is 7.47. The van der Waals surface area contributed by atoms with Crippen LogP contribution in [0.25, 0.3) is 0 Å². The van der Waals surface area contributed by atoms with Crippen LogP contribution in [0.3, 0.4) is 0 Å². The molecule has 0 fully saturated rings. The van der Waals surface area contributed by atoms with E-state index in [1.54, 1.807) is 0 Å². The minimum absolute atomic E-state index is 0. The van der Waals surface area contributed by atoms with Gasteiger partial charge in [0.15, 0.2) is 0 Å². The van der Waals surface area contributed by atoms with E-state index < -0.39 is 11.9 Å². The molecule has 0 amide bonds. The Morgan fingerprint density at radius 3 is 1.20 bits per heavy atom. The van der Waals surface area contributed by atoms with Gasteiger partial charge in [0, 0.05) is 24.8 Å². The van der Waals surface area contributed by atoms with E-state index in [0.717, 1.165) is 0 Å². The molecule has 15 heavy (non-hydrogen) atoms. The summed E-state index contributed by atoms with van der Waals surface area (Å²) in [7, 11) is 0. The zero-order valence-corrected chi connectivity index (χ0v) is 10.3. The van der Waals surface area contributed by atoms with Gasteiger partial charge in [0.2, 0.25) is 0 Å². The van der Waals surface area contributed by atoms with E-state index in [0.29, 0.717) is 12.6 Å². The maximum absolute atomic E-state index is 9.49. The van der Waals surface area contributed by atoms with Crippen molar-refractivity contribution in [3.8, 4) is 0 Å². The fourth-order valence-electron chi connectivity index (χ4n) is 0.354. The number of carboxylic acid groups (broad SMARTS) is 2. The van der Waals surface area contributed by atoms with Crippen LogP contribution in [0.5, 0.6) is 0 Å². The summed E-state index contributed by atoms with van der Waals surface area (Å²) in [5.41, 5.74) is 0. The number of hydrogen-bond acceptors (Lipinski definition) is 6. The Morgan fingerprint density at radius 2 is 1.13 bits per heavy atom. The van der Waals surface area contributed by atoms with Gasteiger partial charge in [-0.2, -0.15) is 0 Å². The average molecular weight is 242 g/mol. The number of carbonyl (C=O) groups excluding carboxylic acids is 4. The van der Waals surface area contributed by atoms with Crippen molar-refractivity contribution in [2.75, 3.05) is 0 Å². The molecule has 0 saturated carbocycles. The summed E-state index contributed by atoms with van der Waals surface area (Å²) in [6.45, 7) is 0. The zero-order valence-electron chi connectivity index (χ0n) is 8.14. The molecule has 0 bridgehead atoms. The van der Waals surface area contributed by atoms with E-state index in [1.165, 1.54) is 0 Å². The first kappa shape index (κ1) is 20.0. The Balaban J connectivity index is -0.000000180. The fraction of sp³-hybridized carbons (Fsp3) is 0.500. The van der Waals surface area contributed by atoms with Crippen LogP contribution in [0.15, 0.2) is 0 Å². The van der Waals surface area contributed by atoms with E-state index >= 15 is 0 Å². The molecule has 0 heterocycles. The van der Waals surface area contributed by atoms with Gasteiger partial charge in [-0.1, -0.05) is 0 Å². The van der Waals surface area contributed by atoms with Crippen LogP contribution in [-0.2, 0) is 19.2 Å². The summed E-state index contributed by atoms with van der Waals surface area (Å²) in [6, 6.07) is 0. The number of carbonyl (C=O) groups is 4. The first-order valence-corrected chi connectivity index (χ1v) is 3.81. The zero-order chi connectivity index (χ0) is 11.4. The number of carboxylic acids is 2. The predicted octanol–water partition coefficient (Wildman–Crippen LogP) is -2.95. The fourth-order valence-corrected chi connectivity index (χ4v) is 0.354. The molecule has 0 aliphatic heterocycles. The third-order valence-electron chi connectivity index (χ3n) is 0.933.